The maximum Gasteiger partial charge on any atom is 0.313 e. The number of ketones is 1. The van der Waals surface area contributed by atoms with Crippen molar-refractivity contribution < 1.29 is 14.7 Å². The van der Waals surface area contributed by atoms with Crippen molar-refractivity contribution in [2.45, 2.75) is 6.92 Å². The molecule has 0 aromatic rings. The number of hydrogen-bond donors (Lipinski definition) is 1. The smallest absolute Gasteiger partial charge is 0.313 e. The van der Waals surface area contributed by atoms with Crippen LogP contribution in [0.1, 0.15) is 6.92 Å². The maximum absolute atomic E-state index is 10.6. The Balaban J connectivity index is 3.88. The zero-order chi connectivity index (χ0) is 7.44. The molecule has 0 aromatic heterocycles. The van der Waals surface area contributed by atoms with Gasteiger partial charge < -0.3 is 5.11 Å². The molecule has 0 aliphatic heterocycles. The summed E-state index contributed by atoms with van der Waals surface area (Å²) < 4.78 is 0.269. The summed E-state index contributed by atoms with van der Waals surface area (Å²) >= 11 is 1.85. The van der Waals surface area contributed by atoms with Crippen molar-refractivity contribution in [1.82, 2.24) is 0 Å². The van der Waals surface area contributed by atoms with E-state index < -0.39 is 11.9 Å². The van der Waals surface area contributed by atoms with Crippen LogP contribution in [0.5, 0.6) is 0 Å². The minimum Gasteiger partial charge on any atom is -0.481 e. The van der Waals surface area contributed by atoms with Gasteiger partial charge in [-0.2, -0.15) is 0 Å². The van der Waals surface area contributed by atoms with Crippen molar-refractivity contribution in [3.8, 4) is 0 Å². The number of carbonyl (C=O) groups is 2. The van der Waals surface area contributed by atoms with E-state index in [1.54, 1.807) is 0 Å². The number of halogens is 1. The zero-order valence-electron chi connectivity index (χ0n) is 4.93. The van der Waals surface area contributed by atoms with Crippen molar-refractivity contribution in [2.75, 3.05) is 4.43 Å². The molecule has 0 saturated carbocycles. The Morgan fingerprint density at radius 2 is 2.11 bits per heavy atom. The molecule has 1 unspecified atom stereocenters. The highest BCUT2D eigenvalue weighted by molar-refractivity contribution is 14.1. The van der Waals surface area contributed by atoms with Gasteiger partial charge in [0.2, 0.25) is 0 Å². The molecule has 1 N–H and O–H groups in total. The summed E-state index contributed by atoms with van der Waals surface area (Å²) in [5.41, 5.74) is 0. The summed E-state index contributed by atoms with van der Waals surface area (Å²) in [7, 11) is 0. The molecule has 0 saturated heterocycles. The third-order valence-corrected chi connectivity index (χ3v) is 1.74. The first-order chi connectivity index (χ1) is 4.09. The molecule has 9 heavy (non-hydrogen) atoms. The zero-order valence-corrected chi connectivity index (χ0v) is 7.08. The van der Waals surface area contributed by atoms with Gasteiger partial charge in [-0.3, -0.25) is 9.59 Å². The number of carboxylic acid groups (broad SMARTS) is 1. The molecule has 0 radical (unpaired) electrons. The monoisotopic (exact) mass is 242 g/mol. The Morgan fingerprint density at radius 1 is 1.67 bits per heavy atom. The fraction of sp³-hybridized carbons (Fsp3) is 0.600. The van der Waals surface area contributed by atoms with Gasteiger partial charge in [-0.05, 0) is 6.92 Å². The average Bonchev–Trinajstić information content (AvgIpc) is 1.84. The molecule has 3 nitrogen and oxygen atoms in total. The van der Waals surface area contributed by atoms with Crippen LogP contribution in [0.2, 0.25) is 0 Å². The van der Waals surface area contributed by atoms with Gasteiger partial charge in [-0.15, -0.1) is 0 Å². The van der Waals surface area contributed by atoms with Crippen molar-refractivity contribution >= 4 is 34.3 Å². The maximum atomic E-state index is 10.6. The summed E-state index contributed by atoms with van der Waals surface area (Å²) in [5, 5.41) is 8.26. The Kier molecular flexibility index (Phi) is 3.76. The van der Waals surface area contributed by atoms with Crippen LogP contribution in [0.25, 0.3) is 0 Å². The van der Waals surface area contributed by atoms with E-state index in [9.17, 15) is 9.59 Å². The van der Waals surface area contributed by atoms with Crippen LogP contribution in [-0.4, -0.2) is 21.3 Å². The van der Waals surface area contributed by atoms with E-state index in [2.05, 4.69) is 0 Å². The normalized spacial score (nSPS) is 12.7. The van der Waals surface area contributed by atoms with Crippen molar-refractivity contribution in [3.05, 3.63) is 0 Å². The Bertz CT molecular complexity index is 132. The van der Waals surface area contributed by atoms with Gasteiger partial charge in [0.25, 0.3) is 0 Å². The van der Waals surface area contributed by atoms with E-state index >= 15 is 0 Å². The lowest BCUT2D eigenvalue weighted by Crippen LogP contribution is -2.20. The second-order valence-corrected chi connectivity index (χ2v) is 2.42. The molecule has 0 bridgehead atoms. The molecule has 0 heterocycles. The van der Waals surface area contributed by atoms with Gasteiger partial charge in [0.1, 0.15) is 5.92 Å². The Labute approximate surface area is 66.6 Å². The fourth-order valence-corrected chi connectivity index (χ4v) is 0.914. The van der Waals surface area contributed by atoms with E-state index in [1.165, 1.54) is 6.92 Å². The number of alkyl halides is 1. The topological polar surface area (TPSA) is 54.4 Å². The summed E-state index contributed by atoms with van der Waals surface area (Å²) in [6.07, 6.45) is 0. The van der Waals surface area contributed by atoms with E-state index in [4.69, 9.17) is 5.11 Å². The van der Waals surface area contributed by atoms with Crippen LogP contribution < -0.4 is 0 Å². The van der Waals surface area contributed by atoms with Gasteiger partial charge in [0.05, 0.1) is 4.43 Å². The minimum atomic E-state index is -1.04. The number of rotatable bonds is 3. The molecule has 0 rings (SSSR count). The van der Waals surface area contributed by atoms with Crippen LogP contribution in [0.3, 0.4) is 0 Å². The summed E-state index contributed by atoms with van der Waals surface area (Å²) in [4.78, 5) is 20.6. The Morgan fingerprint density at radius 3 is 2.22 bits per heavy atom. The number of aliphatic carboxylic acids is 1. The highest BCUT2D eigenvalue weighted by Crippen LogP contribution is 1.99. The van der Waals surface area contributed by atoms with Crippen molar-refractivity contribution in [2.24, 2.45) is 5.92 Å². The second-order valence-electron chi connectivity index (χ2n) is 1.66. The lowest BCUT2D eigenvalue weighted by Gasteiger charge is -1.98. The number of Topliss-reactive ketones (excluding diaryl/α,β-unsaturated/α-hetero) is 1. The molecule has 4 heteroatoms. The third kappa shape index (κ3) is 2.78. The third-order valence-electron chi connectivity index (χ3n) is 0.985. The second kappa shape index (κ2) is 3.81. The molecule has 52 valence electrons. The largest absolute Gasteiger partial charge is 0.481 e. The van der Waals surface area contributed by atoms with Crippen molar-refractivity contribution in [3.63, 3.8) is 0 Å². The quantitative estimate of drug-likeness (QED) is 0.450. The standard InChI is InChI=1S/C5H7IO3/c1-3(5(8)9)4(7)2-6/h3H,2H2,1H3,(H,8,9). The Hall–Kier alpha value is -0.130. The van der Waals surface area contributed by atoms with Gasteiger partial charge in [0.15, 0.2) is 5.78 Å². The van der Waals surface area contributed by atoms with Gasteiger partial charge >= 0.3 is 5.97 Å². The van der Waals surface area contributed by atoms with E-state index in [1.807, 2.05) is 22.6 Å². The number of carbonyl (C=O) groups excluding carboxylic acids is 1. The minimum absolute atomic E-state index is 0.233. The SMILES string of the molecule is CC(C(=O)O)C(=O)CI. The molecule has 0 spiro atoms. The first-order valence-corrected chi connectivity index (χ1v) is 3.93. The number of carboxylic acids is 1. The lowest BCUT2D eigenvalue weighted by molar-refractivity contribution is -0.144. The predicted molar refractivity (Wildman–Crippen MR) is 40.7 cm³/mol. The first kappa shape index (κ1) is 8.87. The molecule has 0 aromatic carbocycles. The van der Waals surface area contributed by atoms with Gasteiger partial charge in [0, 0.05) is 0 Å². The molecule has 0 fully saturated rings. The molecule has 0 aliphatic carbocycles. The van der Waals surface area contributed by atoms with E-state index in [0.717, 1.165) is 0 Å². The summed E-state index contributed by atoms with van der Waals surface area (Å²) in [5.74, 6) is -2.12. The van der Waals surface area contributed by atoms with Crippen LogP contribution in [0, 0.1) is 5.92 Å². The van der Waals surface area contributed by atoms with Crippen LogP contribution in [-0.2, 0) is 9.59 Å². The van der Waals surface area contributed by atoms with E-state index in [0.29, 0.717) is 0 Å². The van der Waals surface area contributed by atoms with E-state index in [-0.39, 0.29) is 10.2 Å². The van der Waals surface area contributed by atoms with Crippen LogP contribution in [0.4, 0.5) is 0 Å². The number of hydrogen-bond acceptors (Lipinski definition) is 2. The van der Waals surface area contributed by atoms with Gasteiger partial charge in [-0.1, -0.05) is 22.6 Å². The average molecular weight is 242 g/mol. The fourth-order valence-electron chi connectivity index (χ4n) is 0.253. The molecular formula is C5H7IO3. The van der Waals surface area contributed by atoms with Crippen LogP contribution in [0.15, 0.2) is 0 Å². The molecular weight excluding hydrogens is 235 g/mol. The highest BCUT2D eigenvalue weighted by Gasteiger charge is 2.18. The summed E-state index contributed by atoms with van der Waals surface area (Å²) in [6.45, 7) is 1.39. The predicted octanol–water partition coefficient (Wildman–Crippen LogP) is 0.711. The first-order valence-electron chi connectivity index (χ1n) is 2.41. The molecule has 1 atom stereocenters. The lowest BCUT2D eigenvalue weighted by atomic mass is 10.1. The highest BCUT2D eigenvalue weighted by atomic mass is 127. The van der Waals surface area contributed by atoms with Crippen LogP contribution >= 0.6 is 22.6 Å². The van der Waals surface area contributed by atoms with Gasteiger partial charge in [-0.25, -0.2) is 0 Å². The molecule has 0 aliphatic rings. The summed E-state index contributed by atoms with van der Waals surface area (Å²) in [6, 6.07) is 0. The van der Waals surface area contributed by atoms with Crippen molar-refractivity contribution in [1.29, 1.82) is 0 Å². The molecule has 0 amide bonds.